The van der Waals surface area contributed by atoms with Gasteiger partial charge in [-0.05, 0) is 18.8 Å². The average Bonchev–Trinajstić information content (AvgIpc) is 2.29. The van der Waals surface area contributed by atoms with Gasteiger partial charge in [0, 0.05) is 0 Å². The first-order valence-corrected chi connectivity index (χ1v) is 5.46. The lowest BCUT2D eigenvalue weighted by atomic mass is 9.81. The van der Waals surface area contributed by atoms with E-state index in [0.29, 0.717) is 0 Å². The third-order valence-electron chi connectivity index (χ3n) is 2.86. The van der Waals surface area contributed by atoms with E-state index < -0.39 is 5.92 Å². The fourth-order valence-corrected chi connectivity index (χ4v) is 2.05. The lowest BCUT2D eigenvalue weighted by Gasteiger charge is -2.24. The summed E-state index contributed by atoms with van der Waals surface area (Å²) < 4.78 is 4.92. The van der Waals surface area contributed by atoms with Crippen molar-refractivity contribution in [3.8, 4) is 6.07 Å². The first kappa shape index (κ1) is 11.8. The Bertz CT molecular complexity index is 261. The van der Waals surface area contributed by atoms with Gasteiger partial charge >= 0.3 is 5.97 Å². The highest BCUT2D eigenvalue weighted by atomic mass is 16.5. The van der Waals surface area contributed by atoms with Crippen molar-refractivity contribution < 1.29 is 9.53 Å². The van der Waals surface area contributed by atoms with Crippen molar-refractivity contribution in [3.05, 3.63) is 12.7 Å². The molecular weight excluding hydrogens is 190 g/mol. The standard InChI is InChI=1S/C12H17NO2/c1-2-8-15-12(14)11(9-13)10-6-4-3-5-7-10/h2,10-11H,1,3-8H2. The van der Waals surface area contributed by atoms with Crippen molar-refractivity contribution in [3.63, 3.8) is 0 Å². The van der Waals surface area contributed by atoms with Crippen molar-refractivity contribution in [1.82, 2.24) is 0 Å². The van der Waals surface area contributed by atoms with Gasteiger partial charge in [-0.15, -0.1) is 0 Å². The molecule has 0 amide bonds. The van der Waals surface area contributed by atoms with E-state index in [1.165, 1.54) is 12.5 Å². The topological polar surface area (TPSA) is 50.1 Å². The molecule has 82 valence electrons. The van der Waals surface area contributed by atoms with E-state index in [2.05, 4.69) is 12.6 Å². The number of nitriles is 1. The van der Waals surface area contributed by atoms with Gasteiger partial charge in [-0.3, -0.25) is 4.79 Å². The highest BCUT2D eigenvalue weighted by Crippen LogP contribution is 2.30. The van der Waals surface area contributed by atoms with Gasteiger partial charge in [0.15, 0.2) is 0 Å². The fourth-order valence-electron chi connectivity index (χ4n) is 2.05. The van der Waals surface area contributed by atoms with Crippen molar-refractivity contribution in [2.45, 2.75) is 32.1 Å². The van der Waals surface area contributed by atoms with Gasteiger partial charge in [0.05, 0.1) is 6.07 Å². The van der Waals surface area contributed by atoms with Gasteiger partial charge in [-0.1, -0.05) is 31.9 Å². The molecule has 0 aromatic carbocycles. The normalized spacial score (nSPS) is 18.9. The van der Waals surface area contributed by atoms with Gasteiger partial charge in [0.1, 0.15) is 12.5 Å². The number of hydrogen-bond donors (Lipinski definition) is 0. The Kier molecular flexibility index (Phi) is 4.89. The van der Waals surface area contributed by atoms with E-state index in [0.717, 1.165) is 25.7 Å². The van der Waals surface area contributed by atoms with E-state index in [9.17, 15) is 4.79 Å². The number of hydrogen-bond acceptors (Lipinski definition) is 3. The minimum absolute atomic E-state index is 0.195. The van der Waals surface area contributed by atoms with Crippen LogP contribution in [0.4, 0.5) is 0 Å². The first-order valence-electron chi connectivity index (χ1n) is 5.46. The Balaban J connectivity index is 2.49. The van der Waals surface area contributed by atoms with Crippen molar-refractivity contribution in [2.75, 3.05) is 6.61 Å². The zero-order chi connectivity index (χ0) is 11.1. The second-order valence-corrected chi connectivity index (χ2v) is 3.92. The number of rotatable bonds is 4. The van der Waals surface area contributed by atoms with E-state index in [1.54, 1.807) is 0 Å². The average molecular weight is 207 g/mol. The van der Waals surface area contributed by atoms with Crippen LogP contribution in [0, 0.1) is 23.2 Å². The molecule has 3 heteroatoms. The Hall–Kier alpha value is -1.30. The first-order chi connectivity index (χ1) is 7.29. The fraction of sp³-hybridized carbons (Fsp3) is 0.667. The molecule has 1 unspecified atom stereocenters. The molecule has 0 spiro atoms. The largest absolute Gasteiger partial charge is 0.460 e. The van der Waals surface area contributed by atoms with E-state index in [1.807, 2.05) is 0 Å². The predicted octanol–water partition coefficient (Wildman–Crippen LogP) is 2.44. The molecule has 1 atom stereocenters. The molecular formula is C12H17NO2. The summed E-state index contributed by atoms with van der Waals surface area (Å²) in [6, 6.07) is 2.07. The maximum Gasteiger partial charge on any atom is 0.323 e. The van der Waals surface area contributed by atoms with Gasteiger partial charge < -0.3 is 4.74 Å². The summed E-state index contributed by atoms with van der Waals surface area (Å²) in [6.07, 6.45) is 6.93. The van der Waals surface area contributed by atoms with Crippen LogP contribution in [-0.2, 0) is 9.53 Å². The minimum atomic E-state index is -0.578. The summed E-state index contributed by atoms with van der Waals surface area (Å²) in [7, 11) is 0. The second kappa shape index (κ2) is 6.23. The van der Waals surface area contributed by atoms with Gasteiger partial charge in [-0.25, -0.2) is 0 Å². The van der Waals surface area contributed by atoms with Crippen LogP contribution in [0.2, 0.25) is 0 Å². The van der Waals surface area contributed by atoms with Crippen LogP contribution >= 0.6 is 0 Å². The van der Waals surface area contributed by atoms with Crippen LogP contribution < -0.4 is 0 Å². The van der Waals surface area contributed by atoms with Gasteiger partial charge in [-0.2, -0.15) is 5.26 Å². The van der Waals surface area contributed by atoms with Gasteiger partial charge in [0.25, 0.3) is 0 Å². The molecule has 3 nitrogen and oxygen atoms in total. The Morgan fingerprint density at radius 3 is 2.73 bits per heavy atom. The SMILES string of the molecule is C=CCOC(=O)C(C#N)C1CCCCC1. The minimum Gasteiger partial charge on any atom is -0.460 e. The van der Waals surface area contributed by atoms with E-state index in [-0.39, 0.29) is 18.5 Å². The van der Waals surface area contributed by atoms with Crippen molar-refractivity contribution in [1.29, 1.82) is 5.26 Å². The molecule has 1 saturated carbocycles. The number of carbonyl (C=O) groups excluding carboxylic acids is 1. The van der Waals surface area contributed by atoms with Crippen LogP contribution in [0.5, 0.6) is 0 Å². The Morgan fingerprint density at radius 1 is 1.53 bits per heavy atom. The van der Waals surface area contributed by atoms with Crippen molar-refractivity contribution in [2.24, 2.45) is 11.8 Å². The Labute approximate surface area is 90.7 Å². The molecule has 1 fully saturated rings. The summed E-state index contributed by atoms with van der Waals surface area (Å²) in [4.78, 5) is 11.5. The quantitative estimate of drug-likeness (QED) is 0.525. The molecule has 1 aliphatic rings. The molecule has 0 radical (unpaired) electrons. The summed E-state index contributed by atoms with van der Waals surface area (Å²) in [6.45, 7) is 3.67. The summed E-state index contributed by atoms with van der Waals surface area (Å²) in [5.41, 5.74) is 0. The highest BCUT2D eigenvalue weighted by molar-refractivity contribution is 5.75. The molecule has 0 aliphatic heterocycles. The summed E-state index contributed by atoms with van der Waals surface area (Å²) in [5.74, 6) is -0.768. The zero-order valence-corrected chi connectivity index (χ0v) is 8.95. The number of esters is 1. The molecule has 1 aliphatic carbocycles. The lowest BCUT2D eigenvalue weighted by molar-refractivity contribution is -0.147. The monoisotopic (exact) mass is 207 g/mol. The van der Waals surface area contributed by atoms with Crippen LogP contribution in [0.15, 0.2) is 12.7 Å². The third-order valence-corrected chi connectivity index (χ3v) is 2.86. The maximum atomic E-state index is 11.5. The van der Waals surface area contributed by atoms with Gasteiger partial charge in [0.2, 0.25) is 0 Å². The summed E-state index contributed by atoms with van der Waals surface area (Å²) >= 11 is 0. The molecule has 0 heterocycles. The van der Waals surface area contributed by atoms with Crippen LogP contribution in [0.1, 0.15) is 32.1 Å². The molecule has 1 rings (SSSR count). The van der Waals surface area contributed by atoms with Crippen LogP contribution in [0.3, 0.4) is 0 Å². The summed E-state index contributed by atoms with van der Waals surface area (Å²) in [5, 5.41) is 8.97. The number of carbonyl (C=O) groups is 1. The number of nitrogens with zero attached hydrogens (tertiary/aromatic N) is 1. The molecule has 0 saturated heterocycles. The zero-order valence-electron chi connectivity index (χ0n) is 8.95. The van der Waals surface area contributed by atoms with Crippen molar-refractivity contribution >= 4 is 5.97 Å². The smallest absolute Gasteiger partial charge is 0.323 e. The van der Waals surface area contributed by atoms with Crippen LogP contribution in [-0.4, -0.2) is 12.6 Å². The predicted molar refractivity (Wildman–Crippen MR) is 56.8 cm³/mol. The Morgan fingerprint density at radius 2 is 2.20 bits per heavy atom. The molecule has 0 bridgehead atoms. The third kappa shape index (κ3) is 3.39. The maximum absolute atomic E-state index is 11.5. The lowest BCUT2D eigenvalue weighted by Crippen LogP contribution is -2.26. The second-order valence-electron chi connectivity index (χ2n) is 3.92. The molecule has 15 heavy (non-hydrogen) atoms. The molecule has 0 aromatic rings. The number of ether oxygens (including phenoxy) is 1. The van der Waals surface area contributed by atoms with E-state index in [4.69, 9.17) is 10.00 Å². The molecule has 0 N–H and O–H groups in total. The van der Waals surface area contributed by atoms with E-state index >= 15 is 0 Å². The molecule has 0 aromatic heterocycles. The van der Waals surface area contributed by atoms with Crippen LogP contribution in [0.25, 0.3) is 0 Å². The highest BCUT2D eigenvalue weighted by Gasteiger charge is 2.30.